The van der Waals surface area contributed by atoms with Crippen molar-refractivity contribution in [1.82, 2.24) is 4.98 Å². The Bertz CT molecular complexity index is 257. The van der Waals surface area contributed by atoms with Gasteiger partial charge in [-0.15, -0.1) is 11.3 Å². The zero-order chi connectivity index (χ0) is 8.27. The third-order valence-corrected chi connectivity index (χ3v) is 2.10. The lowest BCUT2D eigenvalue weighted by molar-refractivity contribution is 0.1000. The highest BCUT2D eigenvalue weighted by molar-refractivity contribution is 7.11. The van der Waals surface area contributed by atoms with E-state index >= 15 is 0 Å². The SMILES string of the molecule is [CH2]CCc1csc(C(N)=O)n1. The van der Waals surface area contributed by atoms with Crippen LogP contribution in [0, 0.1) is 6.92 Å². The van der Waals surface area contributed by atoms with Crippen LogP contribution >= 0.6 is 11.3 Å². The highest BCUT2D eigenvalue weighted by atomic mass is 32.1. The second-order valence-electron chi connectivity index (χ2n) is 2.11. The summed E-state index contributed by atoms with van der Waals surface area (Å²) in [5.74, 6) is -0.453. The predicted octanol–water partition coefficient (Wildman–Crippen LogP) is 1.01. The normalized spacial score (nSPS) is 9.91. The lowest BCUT2D eigenvalue weighted by Crippen LogP contribution is -2.10. The molecule has 1 heterocycles. The minimum absolute atomic E-state index is 0.383. The van der Waals surface area contributed by atoms with E-state index in [1.54, 1.807) is 0 Å². The van der Waals surface area contributed by atoms with E-state index in [9.17, 15) is 4.79 Å². The molecule has 0 aliphatic heterocycles. The van der Waals surface area contributed by atoms with Gasteiger partial charge in [0, 0.05) is 5.38 Å². The quantitative estimate of drug-likeness (QED) is 0.734. The van der Waals surface area contributed by atoms with Crippen molar-refractivity contribution in [3.8, 4) is 0 Å². The topological polar surface area (TPSA) is 56.0 Å². The van der Waals surface area contributed by atoms with Gasteiger partial charge in [-0.1, -0.05) is 6.92 Å². The Hall–Kier alpha value is -0.900. The first-order chi connectivity index (χ1) is 5.24. The lowest BCUT2D eigenvalue weighted by Gasteiger charge is -1.87. The molecule has 0 saturated carbocycles. The number of thiazole rings is 1. The Kier molecular flexibility index (Phi) is 2.59. The number of carbonyl (C=O) groups is 1. The molecule has 0 fully saturated rings. The van der Waals surface area contributed by atoms with E-state index in [1.165, 1.54) is 11.3 Å². The van der Waals surface area contributed by atoms with Crippen LogP contribution in [0.4, 0.5) is 0 Å². The Morgan fingerprint density at radius 3 is 3.00 bits per heavy atom. The van der Waals surface area contributed by atoms with Gasteiger partial charge in [-0.25, -0.2) is 4.98 Å². The number of rotatable bonds is 3. The second kappa shape index (κ2) is 3.48. The fourth-order valence-electron chi connectivity index (χ4n) is 0.716. The highest BCUT2D eigenvalue weighted by Gasteiger charge is 2.05. The van der Waals surface area contributed by atoms with Crippen molar-refractivity contribution in [3.05, 3.63) is 23.0 Å². The minimum atomic E-state index is -0.453. The maximum atomic E-state index is 10.6. The minimum Gasteiger partial charge on any atom is -0.364 e. The van der Waals surface area contributed by atoms with E-state index in [-0.39, 0.29) is 0 Å². The van der Waals surface area contributed by atoms with Crippen molar-refractivity contribution in [2.45, 2.75) is 12.8 Å². The van der Waals surface area contributed by atoms with Crippen molar-refractivity contribution < 1.29 is 4.79 Å². The molecule has 0 aliphatic rings. The zero-order valence-electron chi connectivity index (χ0n) is 6.04. The van der Waals surface area contributed by atoms with Gasteiger partial charge >= 0.3 is 0 Å². The summed E-state index contributed by atoms with van der Waals surface area (Å²) in [7, 11) is 0. The van der Waals surface area contributed by atoms with Crippen molar-refractivity contribution in [3.63, 3.8) is 0 Å². The van der Waals surface area contributed by atoms with Crippen molar-refractivity contribution in [1.29, 1.82) is 0 Å². The van der Waals surface area contributed by atoms with Gasteiger partial charge in [0.2, 0.25) is 0 Å². The van der Waals surface area contributed by atoms with Crippen molar-refractivity contribution in [2.75, 3.05) is 0 Å². The summed E-state index contributed by atoms with van der Waals surface area (Å²) in [5, 5.41) is 2.22. The van der Waals surface area contributed by atoms with Gasteiger partial charge in [-0.05, 0) is 12.8 Å². The van der Waals surface area contributed by atoms with Gasteiger partial charge in [0.1, 0.15) is 0 Å². The van der Waals surface area contributed by atoms with E-state index in [0.29, 0.717) is 5.01 Å². The standard InChI is InChI=1S/C7H9N2OS/c1-2-3-5-4-11-7(9-5)6(8)10/h4H,1-3H2,(H2,8,10). The van der Waals surface area contributed by atoms with Crippen LogP contribution < -0.4 is 5.73 Å². The van der Waals surface area contributed by atoms with Crippen LogP contribution in [-0.2, 0) is 6.42 Å². The molecular formula is C7H9N2OS. The van der Waals surface area contributed by atoms with E-state index in [2.05, 4.69) is 11.9 Å². The predicted molar refractivity (Wildman–Crippen MR) is 44.3 cm³/mol. The van der Waals surface area contributed by atoms with Gasteiger partial charge in [0.15, 0.2) is 5.01 Å². The second-order valence-corrected chi connectivity index (χ2v) is 2.97. The number of nitrogens with two attached hydrogens (primary N) is 1. The first kappa shape index (κ1) is 8.20. The van der Waals surface area contributed by atoms with Gasteiger partial charge in [0.25, 0.3) is 5.91 Å². The summed E-state index contributed by atoms with van der Waals surface area (Å²) in [5.41, 5.74) is 5.92. The van der Waals surface area contributed by atoms with E-state index < -0.39 is 5.91 Å². The summed E-state index contributed by atoms with van der Waals surface area (Å²) >= 11 is 1.28. The fraction of sp³-hybridized carbons (Fsp3) is 0.286. The molecule has 1 rings (SSSR count). The molecule has 3 nitrogen and oxygen atoms in total. The summed E-state index contributed by atoms with van der Waals surface area (Å²) in [6.45, 7) is 3.68. The van der Waals surface area contributed by atoms with Crippen LogP contribution in [0.5, 0.6) is 0 Å². The number of nitrogens with zero attached hydrogens (tertiary/aromatic N) is 1. The molecule has 59 valence electrons. The summed E-state index contributed by atoms with van der Waals surface area (Å²) in [6.07, 6.45) is 1.60. The maximum absolute atomic E-state index is 10.6. The monoisotopic (exact) mass is 169 g/mol. The molecular weight excluding hydrogens is 160 g/mol. The first-order valence-electron chi connectivity index (χ1n) is 3.27. The highest BCUT2D eigenvalue weighted by Crippen LogP contribution is 2.09. The third-order valence-electron chi connectivity index (χ3n) is 1.20. The number of carbonyl (C=O) groups excluding carboxylic acids is 1. The molecule has 0 aromatic carbocycles. The van der Waals surface area contributed by atoms with Crippen molar-refractivity contribution in [2.24, 2.45) is 5.73 Å². The van der Waals surface area contributed by atoms with Crippen LogP contribution in [0.15, 0.2) is 5.38 Å². The summed E-state index contributed by atoms with van der Waals surface area (Å²) < 4.78 is 0. The molecule has 0 saturated heterocycles. The van der Waals surface area contributed by atoms with Gasteiger partial charge < -0.3 is 5.73 Å². The maximum Gasteiger partial charge on any atom is 0.277 e. The summed E-state index contributed by atoms with van der Waals surface area (Å²) in [6, 6.07) is 0. The molecule has 0 unspecified atom stereocenters. The van der Waals surface area contributed by atoms with Gasteiger partial charge in [-0.3, -0.25) is 4.79 Å². The molecule has 1 aromatic rings. The average molecular weight is 169 g/mol. The van der Waals surface area contributed by atoms with Crippen molar-refractivity contribution >= 4 is 17.2 Å². The number of hydrogen-bond acceptors (Lipinski definition) is 3. The van der Waals surface area contributed by atoms with Gasteiger partial charge in [-0.2, -0.15) is 0 Å². The van der Waals surface area contributed by atoms with Crippen LogP contribution in [0.2, 0.25) is 0 Å². The third kappa shape index (κ3) is 2.01. The molecule has 11 heavy (non-hydrogen) atoms. The smallest absolute Gasteiger partial charge is 0.277 e. The first-order valence-corrected chi connectivity index (χ1v) is 4.15. The molecule has 1 radical (unpaired) electrons. The fourth-order valence-corrected chi connectivity index (χ4v) is 1.42. The Labute approximate surface area is 69.3 Å². The van der Waals surface area contributed by atoms with Crippen LogP contribution in [0.3, 0.4) is 0 Å². The van der Waals surface area contributed by atoms with E-state index in [4.69, 9.17) is 5.73 Å². The molecule has 1 aromatic heterocycles. The van der Waals surface area contributed by atoms with E-state index in [1.807, 2.05) is 5.38 Å². The molecule has 0 atom stereocenters. The van der Waals surface area contributed by atoms with E-state index in [0.717, 1.165) is 18.5 Å². The molecule has 1 amide bonds. The number of primary amides is 1. The van der Waals surface area contributed by atoms with Crippen LogP contribution in [0.25, 0.3) is 0 Å². The molecule has 2 N–H and O–H groups in total. The summed E-state index contributed by atoms with van der Waals surface area (Å²) in [4.78, 5) is 14.6. The molecule has 0 bridgehead atoms. The molecule has 0 spiro atoms. The Morgan fingerprint density at radius 2 is 2.55 bits per heavy atom. The Balaban J connectivity index is 2.73. The number of aromatic nitrogens is 1. The average Bonchev–Trinajstić information content (AvgIpc) is 2.37. The largest absolute Gasteiger partial charge is 0.364 e. The van der Waals surface area contributed by atoms with Gasteiger partial charge in [0.05, 0.1) is 5.69 Å². The molecule has 4 heteroatoms. The van der Waals surface area contributed by atoms with Crippen LogP contribution in [0.1, 0.15) is 21.9 Å². The molecule has 0 aliphatic carbocycles. The number of hydrogen-bond donors (Lipinski definition) is 1. The lowest BCUT2D eigenvalue weighted by atomic mass is 10.3. The number of aryl methyl sites for hydroxylation is 1. The zero-order valence-corrected chi connectivity index (χ0v) is 6.86. The Morgan fingerprint density at radius 1 is 1.82 bits per heavy atom. The van der Waals surface area contributed by atoms with Crippen LogP contribution in [-0.4, -0.2) is 10.9 Å². The number of amides is 1.